The van der Waals surface area contributed by atoms with Crippen LogP contribution in [0.25, 0.3) is 0 Å². The molecule has 0 bridgehead atoms. The van der Waals surface area contributed by atoms with Crippen molar-refractivity contribution in [3.05, 3.63) is 36.6 Å². The van der Waals surface area contributed by atoms with E-state index in [2.05, 4.69) is 133 Å². The summed E-state index contributed by atoms with van der Waals surface area (Å²) in [5.74, 6) is -1.41. The smallest absolute Gasteiger partial charge is 0.345 e. The monoisotopic (exact) mass is 757 g/mol. The average molecular weight is 758 g/mol. The van der Waals surface area contributed by atoms with Gasteiger partial charge >= 0.3 is 11.9 Å². The van der Waals surface area contributed by atoms with Gasteiger partial charge in [0.15, 0.2) is 16.6 Å². The first-order chi connectivity index (χ1) is 21.8. The number of carbonyl (C=O) groups excluding carboxylic acids is 2. The molecule has 0 spiro atoms. The molecule has 0 rings (SSSR count). The lowest BCUT2D eigenvalue weighted by molar-refractivity contribution is -0.146. The molecular weight excluding hydrogens is 683 g/mol. The molecule has 0 saturated heterocycles. The summed E-state index contributed by atoms with van der Waals surface area (Å²) < 4.78 is 32.1. The van der Waals surface area contributed by atoms with Gasteiger partial charge in [0.25, 0.3) is 0 Å². The van der Waals surface area contributed by atoms with Gasteiger partial charge in [-0.3, -0.25) is 0 Å². The van der Waals surface area contributed by atoms with Crippen LogP contribution in [0, 0.1) is 0 Å². The molecule has 0 fully saturated rings. The van der Waals surface area contributed by atoms with E-state index in [0.717, 1.165) is 0 Å². The highest BCUT2D eigenvalue weighted by Crippen LogP contribution is 2.54. The lowest BCUT2D eigenvalue weighted by atomic mass is 9.94. The molecule has 0 saturated carbocycles. The van der Waals surface area contributed by atoms with Gasteiger partial charge in [-0.1, -0.05) is 46.5 Å². The third-order valence-corrected chi connectivity index (χ3v) is 26.3. The van der Waals surface area contributed by atoms with E-state index in [1.165, 1.54) is 6.08 Å². The van der Waals surface area contributed by atoms with Crippen molar-refractivity contribution in [2.24, 2.45) is 0 Å². The molecule has 2 atom stereocenters. The molecule has 286 valence electrons. The van der Waals surface area contributed by atoms with Gasteiger partial charge in [0.05, 0.1) is 32.1 Å². The van der Waals surface area contributed by atoms with E-state index in [0.29, 0.717) is 13.1 Å². The highest BCUT2D eigenvalue weighted by Gasteiger charge is 2.60. The first-order valence-corrected chi connectivity index (χ1v) is 30.3. The number of ether oxygens (including phenoxy) is 2. The van der Waals surface area contributed by atoms with E-state index in [1.54, 1.807) is 19.9 Å². The number of rotatable bonds is 21. The Morgan fingerprint density at radius 2 is 1.22 bits per heavy atom. The molecule has 8 nitrogen and oxygen atoms in total. The van der Waals surface area contributed by atoms with Crippen LogP contribution in [0.5, 0.6) is 0 Å². The molecule has 0 radical (unpaired) electrons. The number of nitrogens with zero attached hydrogens (tertiary/aromatic N) is 1. The first kappa shape index (κ1) is 47.7. The van der Waals surface area contributed by atoms with Gasteiger partial charge < -0.3 is 27.7 Å². The predicted molar refractivity (Wildman–Crippen MR) is 217 cm³/mol. The fourth-order valence-corrected chi connectivity index (χ4v) is 17.7. The number of hydrogen-bond acceptors (Lipinski definition) is 8. The minimum Gasteiger partial charge on any atom is -0.462 e. The summed E-state index contributed by atoms with van der Waals surface area (Å²) in [6.45, 7) is 50.1. The maximum absolute atomic E-state index is 12.5. The second-order valence-electron chi connectivity index (χ2n) is 17.9. The number of allylic oxidation sites excluding steroid dienone is 2. The topological polar surface area (TPSA) is 83.5 Å². The summed E-state index contributed by atoms with van der Waals surface area (Å²) in [5.41, 5.74) is -0.584. The lowest BCUT2D eigenvalue weighted by Crippen LogP contribution is -2.68. The van der Waals surface area contributed by atoms with Gasteiger partial charge in [-0.15, -0.1) is 6.58 Å². The van der Waals surface area contributed by atoms with Crippen molar-refractivity contribution in [3.8, 4) is 0 Å². The van der Waals surface area contributed by atoms with Gasteiger partial charge in [0, 0.05) is 23.4 Å². The summed E-state index contributed by atoms with van der Waals surface area (Å²) in [6, 6.07) is 0. The van der Waals surface area contributed by atoms with Crippen LogP contribution < -0.4 is 0 Å². The molecule has 0 aliphatic carbocycles. The SMILES string of the molecule is C=CCN(/C=C/C=C(C(=O)OCC)C(=O)OCC)CC(C)[Si](C)(OC(C)(C)C(C)(C)[Si](C)(C)OC(C)(C)[Si](C)(C)C)C(C)(C)O[Si](C)(C)C. The number of hydrogen-bond donors (Lipinski definition) is 0. The van der Waals surface area contributed by atoms with Crippen LogP contribution in [0.1, 0.15) is 76.2 Å². The Bertz CT molecular complexity index is 1160. The van der Waals surface area contributed by atoms with Gasteiger partial charge in [-0.25, -0.2) is 9.59 Å². The van der Waals surface area contributed by atoms with Crippen molar-refractivity contribution in [3.63, 3.8) is 0 Å². The van der Waals surface area contributed by atoms with E-state index >= 15 is 0 Å². The molecule has 49 heavy (non-hydrogen) atoms. The Balaban J connectivity index is 6.98. The highest BCUT2D eigenvalue weighted by molar-refractivity contribution is 6.82. The van der Waals surface area contributed by atoms with Crippen LogP contribution in [-0.4, -0.2) is 92.2 Å². The van der Waals surface area contributed by atoms with E-state index < -0.39 is 55.8 Å². The highest BCUT2D eigenvalue weighted by atomic mass is 28.4. The Labute approximate surface area is 305 Å². The van der Waals surface area contributed by atoms with Crippen LogP contribution in [-0.2, 0) is 32.3 Å². The minimum atomic E-state index is -2.81. The zero-order valence-corrected chi connectivity index (χ0v) is 39.2. The summed E-state index contributed by atoms with van der Waals surface area (Å²) in [7, 11) is -8.79. The van der Waals surface area contributed by atoms with Crippen LogP contribution in [0.4, 0.5) is 0 Å². The third kappa shape index (κ3) is 12.7. The second kappa shape index (κ2) is 17.5. The fraction of sp³-hybridized carbons (Fsp3) is 0.784. The molecule has 12 heteroatoms. The number of esters is 2. The van der Waals surface area contributed by atoms with E-state index in [1.807, 2.05) is 12.3 Å². The largest absolute Gasteiger partial charge is 0.462 e. The van der Waals surface area contributed by atoms with Gasteiger partial charge in [-0.2, -0.15) is 0 Å². The van der Waals surface area contributed by atoms with Crippen LogP contribution in [0.15, 0.2) is 36.6 Å². The molecule has 0 N–H and O–H groups in total. The van der Waals surface area contributed by atoms with E-state index in [4.69, 9.17) is 22.8 Å². The zero-order valence-electron chi connectivity index (χ0n) is 35.2. The van der Waals surface area contributed by atoms with Crippen molar-refractivity contribution in [2.75, 3.05) is 26.3 Å². The molecule has 0 aromatic carbocycles. The molecule has 0 aliphatic rings. The summed E-state index contributed by atoms with van der Waals surface area (Å²) in [4.78, 5) is 27.2. The lowest BCUT2D eigenvalue weighted by Gasteiger charge is -2.59. The van der Waals surface area contributed by atoms with Crippen molar-refractivity contribution in [1.82, 2.24) is 4.90 Å². The van der Waals surface area contributed by atoms with Crippen molar-refractivity contribution in [1.29, 1.82) is 0 Å². The number of carbonyl (C=O) groups is 2. The second-order valence-corrected chi connectivity index (χ2v) is 37.2. The molecule has 0 heterocycles. The Morgan fingerprint density at radius 1 is 0.755 bits per heavy atom. The molecule has 0 aromatic rings. The molecule has 2 unspecified atom stereocenters. The van der Waals surface area contributed by atoms with Crippen molar-refractivity contribution < 1.29 is 32.3 Å². The van der Waals surface area contributed by atoms with Gasteiger partial charge in [0.2, 0.25) is 8.32 Å². The first-order valence-electron chi connectivity index (χ1n) is 18.0. The average Bonchev–Trinajstić information content (AvgIpc) is 2.88. The van der Waals surface area contributed by atoms with Crippen LogP contribution >= 0.6 is 0 Å². The van der Waals surface area contributed by atoms with Crippen molar-refractivity contribution >= 4 is 45.0 Å². The standard InChI is InChI=1S/C37H75NO7Si4/c1-22-27-38(28-25-26-31(32(39)41-23-2)33(40)42-24-3)29-30(4)49(21,37(11,12)44-47(16,17)18)43-34(5,6)35(7,8)48(19,20)45-36(9,10)46(13,14)15/h22,25-26,28,30H,1,23-24,27,29H2,2-21H3/b28-25+. The van der Waals surface area contributed by atoms with Crippen LogP contribution in [0.2, 0.25) is 69.5 Å². The molecule has 0 aromatic heterocycles. The van der Waals surface area contributed by atoms with Gasteiger partial charge in [0.1, 0.15) is 5.57 Å². The summed E-state index contributed by atoms with van der Waals surface area (Å²) in [5, 5.41) is -0.961. The summed E-state index contributed by atoms with van der Waals surface area (Å²) in [6.07, 6.45) is 6.89. The van der Waals surface area contributed by atoms with E-state index in [-0.39, 0.29) is 34.6 Å². The Hall–Kier alpha value is -1.29. The third-order valence-electron chi connectivity index (χ3n) is 10.9. The van der Waals surface area contributed by atoms with E-state index in [9.17, 15) is 9.59 Å². The normalized spacial score (nSPS) is 15.8. The van der Waals surface area contributed by atoms with Crippen molar-refractivity contribution in [2.45, 2.75) is 162 Å². The predicted octanol–water partition coefficient (Wildman–Crippen LogP) is 9.63. The maximum atomic E-state index is 12.5. The Morgan fingerprint density at radius 3 is 1.61 bits per heavy atom. The van der Waals surface area contributed by atoms with Gasteiger partial charge in [-0.05, 0) is 119 Å². The van der Waals surface area contributed by atoms with Crippen LogP contribution in [0.3, 0.4) is 0 Å². The molecular formula is C37H75NO7Si4. The zero-order chi connectivity index (χ0) is 39.1. The quantitative estimate of drug-likeness (QED) is 0.0218. The minimum absolute atomic E-state index is 0.0983. The summed E-state index contributed by atoms with van der Waals surface area (Å²) >= 11 is 0. The fourth-order valence-electron chi connectivity index (χ4n) is 5.77. The molecule has 0 amide bonds. The maximum Gasteiger partial charge on any atom is 0.345 e. The molecule has 0 aliphatic heterocycles. The Kier molecular flexibility index (Phi) is 17.0.